The second kappa shape index (κ2) is 3.56. The van der Waals surface area contributed by atoms with E-state index in [-0.39, 0.29) is 16.9 Å². The summed E-state index contributed by atoms with van der Waals surface area (Å²) in [7, 11) is 0. The van der Waals surface area contributed by atoms with Crippen molar-refractivity contribution in [1.29, 1.82) is 0 Å². The maximum Gasteiger partial charge on any atom is 0.341 e. The highest BCUT2D eigenvalue weighted by molar-refractivity contribution is 5.94. The van der Waals surface area contributed by atoms with Crippen molar-refractivity contribution >= 4 is 11.9 Å². The number of carboxylic acids is 1. The molecule has 4 aliphatic carbocycles. The molecule has 1 aromatic heterocycles. The standard InChI is InChI=1S/C15H19NO3/c16-13-12(14(17)18)11(7-19-13)15-4-8-1-9(5-15)3-10(2-8)6-15/h7-10H,1-6,16H2,(H,17,18). The molecule has 102 valence electrons. The van der Waals surface area contributed by atoms with Crippen LogP contribution in [0.2, 0.25) is 0 Å². The van der Waals surface area contributed by atoms with Gasteiger partial charge in [0.1, 0.15) is 5.56 Å². The largest absolute Gasteiger partial charge is 0.477 e. The van der Waals surface area contributed by atoms with Crippen LogP contribution in [0.3, 0.4) is 0 Å². The molecule has 0 atom stereocenters. The normalized spacial score (nSPS) is 39.7. The minimum atomic E-state index is -0.947. The van der Waals surface area contributed by atoms with E-state index in [1.807, 2.05) is 0 Å². The van der Waals surface area contributed by atoms with E-state index in [4.69, 9.17) is 10.2 Å². The summed E-state index contributed by atoms with van der Waals surface area (Å²) < 4.78 is 5.24. The molecule has 0 unspecified atom stereocenters. The molecule has 5 rings (SSSR count). The fourth-order valence-electron chi connectivity index (χ4n) is 5.42. The van der Waals surface area contributed by atoms with Gasteiger partial charge in [0.2, 0.25) is 5.88 Å². The highest BCUT2D eigenvalue weighted by Gasteiger charge is 2.53. The number of hydrogen-bond acceptors (Lipinski definition) is 3. The fourth-order valence-corrected chi connectivity index (χ4v) is 5.42. The van der Waals surface area contributed by atoms with Crippen LogP contribution in [0, 0.1) is 17.8 Å². The molecule has 0 aliphatic heterocycles. The first-order valence-corrected chi connectivity index (χ1v) is 7.18. The molecule has 19 heavy (non-hydrogen) atoms. The van der Waals surface area contributed by atoms with Crippen molar-refractivity contribution in [2.45, 2.75) is 43.9 Å². The molecule has 0 spiro atoms. The Labute approximate surface area is 112 Å². The van der Waals surface area contributed by atoms with E-state index in [2.05, 4.69) is 0 Å². The van der Waals surface area contributed by atoms with Crippen molar-refractivity contribution in [2.75, 3.05) is 5.73 Å². The summed E-state index contributed by atoms with van der Waals surface area (Å²) in [4.78, 5) is 11.5. The second-order valence-electron chi connectivity index (χ2n) is 6.89. The number of rotatable bonds is 2. The molecule has 4 bridgehead atoms. The van der Waals surface area contributed by atoms with E-state index >= 15 is 0 Å². The Hall–Kier alpha value is -1.45. The highest BCUT2D eigenvalue weighted by atomic mass is 16.4. The highest BCUT2D eigenvalue weighted by Crippen LogP contribution is 2.61. The first kappa shape index (κ1) is 11.4. The van der Waals surface area contributed by atoms with Crippen LogP contribution in [0.1, 0.15) is 54.4 Å². The van der Waals surface area contributed by atoms with E-state index in [0.717, 1.165) is 42.6 Å². The molecule has 0 radical (unpaired) electrons. The third-order valence-corrected chi connectivity index (χ3v) is 5.64. The molecule has 4 heteroatoms. The number of hydrogen-bond donors (Lipinski definition) is 2. The lowest BCUT2D eigenvalue weighted by atomic mass is 9.48. The minimum Gasteiger partial charge on any atom is -0.477 e. The Morgan fingerprint density at radius 3 is 2.21 bits per heavy atom. The van der Waals surface area contributed by atoms with Gasteiger partial charge in [0.05, 0.1) is 6.26 Å². The Bertz CT molecular complexity index is 510. The number of furan rings is 1. The van der Waals surface area contributed by atoms with Crippen LogP contribution < -0.4 is 5.73 Å². The monoisotopic (exact) mass is 261 g/mol. The maximum atomic E-state index is 11.5. The summed E-state index contributed by atoms with van der Waals surface area (Å²) >= 11 is 0. The van der Waals surface area contributed by atoms with Crippen molar-refractivity contribution in [3.8, 4) is 0 Å². The maximum absolute atomic E-state index is 11.5. The first-order chi connectivity index (χ1) is 9.07. The Morgan fingerprint density at radius 2 is 1.74 bits per heavy atom. The van der Waals surface area contributed by atoms with E-state index in [1.165, 1.54) is 19.3 Å². The van der Waals surface area contributed by atoms with Crippen molar-refractivity contribution in [2.24, 2.45) is 17.8 Å². The van der Waals surface area contributed by atoms with Crippen LogP contribution in [0.25, 0.3) is 0 Å². The van der Waals surface area contributed by atoms with Gasteiger partial charge in [-0.3, -0.25) is 0 Å². The average molecular weight is 261 g/mol. The van der Waals surface area contributed by atoms with Crippen LogP contribution in [0.15, 0.2) is 10.7 Å². The Morgan fingerprint density at radius 1 is 1.21 bits per heavy atom. The SMILES string of the molecule is Nc1occ(C23CC4CC(CC(C4)C2)C3)c1C(=O)O. The molecule has 1 heterocycles. The number of anilines is 1. The van der Waals surface area contributed by atoms with Gasteiger partial charge < -0.3 is 15.3 Å². The molecule has 0 saturated heterocycles. The molecule has 4 nitrogen and oxygen atoms in total. The van der Waals surface area contributed by atoms with Crippen LogP contribution in [0.5, 0.6) is 0 Å². The molecule has 4 fully saturated rings. The van der Waals surface area contributed by atoms with Gasteiger partial charge in [0.25, 0.3) is 0 Å². The minimum absolute atomic E-state index is 0.0313. The number of aromatic carboxylic acids is 1. The third kappa shape index (κ3) is 1.49. The lowest BCUT2D eigenvalue weighted by molar-refractivity contribution is -0.00599. The summed E-state index contributed by atoms with van der Waals surface area (Å²) in [6, 6.07) is 0. The summed E-state index contributed by atoms with van der Waals surface area (Å²) in [5.41, 5.74) is 6.84. The predicted molar refractivity (Wildman–Crippen MR) is 69.9 cm³/mol. The van der Waals surface area contributed by atoms with Crippen molar-refractivity contribution < 1.29 is 14.3 Å². The summed E-state index contributed by atoms with van der Waals surface area (Å²) in [6.45, 7) is 0. The van der Waals surface area contributed by atoms with Crippen molar-refractivity contribution in [1.82, 2.24) is 0 Å². The molecule has 4 saturated carbocycles. The zero-order valence-corrected chi connectivity index (χ0v) is 10.9. The molecule has 4 aliphatic rings. The van der Waals surface area contributed by atoms with Gasteiger partial charge >= 0.3 is 5.97 Å². The Balaban J connectivity index is 1.82. The third-order valence-electron chi connectivity index (χ3n) is 5.64. The van der Waals surface area contributed by atoms with Gasteiger partial charge in [-0.2, -0.15) is 0 Å². The van der Waals surface area contributed by atoms with Gasteiger partial charge in [0, 0.05) is 11.0 Å². The molecular formula is C15H19NO3. The number of carbonyl (C=O) groups is 1. The lowest BCUT2D eigenvalue weighted by Gasteiger charge is -2.56. The fraction of sp³-hybridized carbons (Fsp3) is 0.667. The van der Waals surface area contributed by atoms with Gasteiger partial charge in [-0.1, -0.05) is 0 Å². The van der Waals surface area contributed by atoms with E-state index in [9.17, 15) is 9.90 Å². The quantitative estimate of drug-likeness (QED) is 0.858. The van der Waals surface area contributed by atoms with E-state index in [1.54, 1.807) is 6.26 Å². The zero-order chi connectivity index (χ0) is 13.2. The van der Waals surface area contributed by atoms with Crippen LogP contribution in [0.4, 0.5) is 5.88 Å². The first-order valence-electron chi connectivity index (χ1n) is 7.18. The van der Waals surface area contributed by atoms with Crippen LogP contribution in [-0.4, -0.2) is 11.1 Å². The molecule has 0 amide bonds. The van der Waals surface area contributed by atoms with Crippen LogP contribution >= 0.6 is 0 Å². The average Bonchev–Trinajstić information content (AvgIpc) is 2.70. The second-order valence-corrected chi connectivity index (χ2v) is 6.89. The molecule has 1 aromatic rings. The smallest absolute Gasteiger partial charge is 0.341 e. The lowest BCUT2D eigenvalue weighted by Crippen LogP contribution is -2.48. The van der Waals surface area contributed by atoms with Gasteiger partial charge in [0.15, 0.2) is 0 Å². The predicted octanol–water partition coefficient (Wildman–Crippen LogP) is 3.03. The number of nitrogens with two attached hydrogens (primary N) is 1. The molecule has 3 N–H and O–H groups in total. The molecule has 0 aromatic carbocycles. The van der Waals surface area contributed by atoms with Crippen molar-refractivity contribution in [3.63, 3.8) is 0 Å². The van der Waals surface area contributed by atoms with E-state index in [0.29, 0.717) is 0 Å². The Kier molecular flexibility index (Phi) is 2.13. The topological polar surface area (TPSA) is 76.5 Å². The van der Waals surface area contributed by atoms with Gasteiger partial charge in [-0.25, -0.2) is 4.79 Å². The van der Waals surface area contributed by atoms with Gasteiger partial charge in [-0.15, -0.1) is 0 Å². The summed E-state index contributed by atoms with van der Waals surface area (Å²) in [5.74, 6) is 1.47. The van der Waals surface area contributed by atoms with Gasteiger partial charge in [-0.05, 0) is 56.3 Å². The number of carboxylic acid groups (broad SMARTS) is 1. The summed E-state index contributed by atoms with van der Waals surface area (Å²) in [6.07, 6.45) is 9.01. The number of nitrogen functional groups attached to an aromatic ring is 1. The zero-order valence-electron chi connectivity index (χ0n) is 10.9. The summed E-state index contributed by atoms with van der Waals surface area (Å²) in [5, 5.41) is 9.40. The van der Waals surface area contributed by atoms with E-state index < -0.39 is 5.97 Å². The van der Waals surface area contributed by atoms with Crippen LogP contribution in [-0.2, 0) is 5.41 Å². The van der Waals surface area contributed by atoms with Crippen molar-refractivity contribution in [3.05, 3.63) is 17.4 Å². The molecular weight excluding hydrogens is 242 g/mol.